The zero-order valence-electron chi connectivity index (χ0n) is 13.3. The first-order chi connectivity index (χ1) is 11.5. The lowest BCUT2D eigenvalue weighted by molar-refractivity contribution is 0.0767. The zero-order chi connectivity index (χ0) is 17.7. The molecule has 0 aliphatic rings. The van der Waals surface area contributed by atoms with Crippen molar-refractivity contribution in [3.05, 3.63) is 57.8 Å². The fourth-order valence-electron chi connectivity index (χ4n) is 2.15. The van der Waals surface area contributed by atoms with Crippen molar-refractivity contribution in [3.63, 3.8) is 0 Å². The van der Waals surface area contributed by atoms with Gasteiger partial charge in [0.2, 0.25) is 0 Å². The summed E-state index contributed by atoms with van der Waals surface area (Å²) in [6.07, 6.45) is 0. The largest absolute Gasteiger partial charge is 0.338 e. The monoisotopic (exact) mass is 365 g/mol. The van der Waals surface area contributed by atoms with Crippen LogP contribution >= 0.6 is 23.2 Å². The molecule has 0 saturated heterocycles. The minimum Gasteiger partial charge on any atom is -0.338 e. The van der Waals surface area contributed by atoms with Crippen molar-refractivity contribution in [3.8, 4) is 0 Å². The number of carbonyl (C=O) groups excluding carboxylic acids is 2. The van der Waals surface area contributed by atoms with Crippen LogP contribution in [0.15, 0.2) is 36.4 Å². The van der Waals surface area contributed by atoms with E-state index < -0.39 is 5.91 Å². The van der Waals surface area contributed by atoms with Crippen LogP contribution in [0.25, 0.3) is 0 Å². The van der Waals surface area contributed by atoms with Crippen LogP contribution in [0.1, 0.15) is 34.8 Å². The Kier molecular flexibility index (Phi) is 6.17. The molecule has 0 unspecified atom stereocenters. The van der Waals surface area contributed by atoms with Gasteiger partial charge in [0.1, 0.15) is 11.4 Å². The molecule has 0 bridgehead atoms. The van der Waals surface area contributed by atoms with Crippen LogP contribution in [0.5, 0.6) is 0 Å². The number of carbonyl (C=O) groups is 2. The van der Waals surface area contributed by atoms with Crippen molar-refractivity contribution in [2.45, 2.75) is 13.8 Å². The number of pyridine rings is 1. The van der Waals surface area contributed by atoms with E-state index in [1.165, 1.54) is 6.07 Å². The Morgan fingerprint density at radius 1 is 1.00 bits per heavy atom. The number of anilines is 1. The Balaban J connectivity index is 2.25. The standard InChI is InChI=1S/C17H17Cl2N3O2/c1-3-22(4-2)17(24)14-10-6-9-13(20-14)16(23)21-15-11(18)7-5-8-12(15)19/h5-10H,3-4H2,1-2H3,(H,21,23). The number of halogens is 2. The third-order valence-electron chi connectivity index (χ3n) is 3.45. The summed E-state index contributed by atoms with van der Waals surface area (Å²) in [4.78, 5) is 30.5. The predicted octanol–water partition coefficient (Wildman–Crippen LogP) is 4.12. The molecule has 0 aliphatic carbocycles. The van der Waals surface area contributed by atoms with E-state index in [-0.39, 0.29) is 17.3 Å². The first-order valence-electron chi connectivity index (χ1n) is 7.49. The van der Waals surface area contributed by atoms with Crippen LogP contribution in [0.2, 0.25) is 10.0 Å². The fourth-order valence-corrected chi connectivity index (χ4v) is 2.64. The molecule has 5 nitrogen and oxygen atoms in total. The van der Waals surface area contributed by atoms with Gasteiger partial charge in [0.25, 0.3) is 11.8 Å². The molecule has 2 aromatic rings. The first-order valence-corrected chi connectivity index (χ1v) is 8.25. The molecule has 1 heterocycles. The summed E-state index contributed by atoms with van der Waals surface area (Å²) in [5.74, 6) is -0.704. The van der Waals surface area contributed by atoms with Crippen molar-refractivity contribution in [2.75, 3.05) is 18.4 Å². The molecule has 0 aliphatic heterocycles. The van der Waals surface area contributed by atoms with Gasteiger partial charge in [-0.3, -0.25) is 9.59 Å². The molecule has 1 aromatic carbocycles. The third-order valence-corrected chi connectivity index (χ3v) is 4.08. The van der Waals surface area contributed by atoms with E-state index in [1.54, 1.807) is 35.2 Å². The Bertz CT molecular complexity index is 741. The number of rotatable bonds is 5. The quantitative estimate of drug-likeness (QED) is 0.866. The van der Waals surface area contributed by atoms with Crippen LogP contribution in [0.3, 0.4) is 0 Å². The van der Waals surface area contributed by atoms with Crippen LogP contribution in [-0.4, -0.2) is 34.8 Å². The first kappa shape index (κ1) is 18.2. The van der Waals surface area contributed by atoms with Crippen molar-refractivity contribution in [1.82, 2.24) is 9.88 Å². The van der Waals surface area contributed by atoms with Crippen molar-refractivity contribution >= 4 is 40.7 Å². The fraction of sp³-hybridized carbons (Fsp3) is 0.235. The second-order valence-corrected chi connectivity index (χ2v) is 5.75. The second-order valence-electron chi connectivity index (χ2n) is 4.94. The van der Waals surface area contributed by atoms with E-state index >= 15 is 0 Å². The molecule has 0 atom stereocenters. The number of amides is 2. The Labute approximate surface area is 150 Å². The van der Waals surface area contributed by atoms with Crippen LogP contribution < -0.4 is 5.32 Å². The molecule has 1 aromatic heterocycles. The highest BCUT2D eigenvalue weighted by atomic mass is 35.5. The Morgan fingerprint density at radius 3 is 2.12 bits per heavy atom. The molecular weight excluding hydrogens is 349 g/mol. The van der Waals surface area contributed by atoms with Gasteiger partial charge >= 0.3 is 0 Å². The Morgan fingerprint density at radius 2 is 1.54 bits per heavy atom. The summed E-state index contributed by atoms with van der Waals surface area (Å²) in [5.41, 5.74) is 0.647. The van der Waals surface area contributed by atoms with Gasteiger partial charge in [-0.2, -0.15) is 0 Å². The number of hydrogen-bond acceptors (Lipinski definition) is 3. The molecule has 1 N–H and O–H groups in total. The number of nitrogens with one attached hydrogen (secondary N) is 1. The summed E-state index contributed by atoms with van der Waals surface area (Å²) in [6.45, 7) is 4.92. The van der Waals surface area contributed by atoms with Gasteiger partial charge in [-0.05, 0) is 38.1 Å². The van der Waals surface area contributed by atoms with Gasteiger partial charge in [0.15, 0.2) is 0 Å². The van der Waals surface area contributed by atoms with E-state index in [2.05, 4.69) is 10.3 Å². The van der Waals surface area contributed by atoms with Crippen LogP contribution in [0.4, 0.5) is 5.69 Å². The van der Waals surface area contributed by atoms with E-state index in [9.17, 15) is 9.59 Å². The molecule has 24 heavy (non-hydrogen) atoms. The van der Waals surface area contributed by atoms with E-state index in [0.717, 1.165) is 0 Å². The van der Waals surface area contributed by atoms with Crippen molar-refractivity contribution in [2.24, 2.45) is 0 Å². The molecule has 0 saturated carbocycles. The van der Waals surface area contributed by atoms with Gasteiger partial charge in [0.05, 0.1) is 15.7 Å². The number of benzene rings is 1. The average molecular weight is 366 g/mol. The number of aromatic nitrogens is 1. The van der Waals surface area contributed by atoms with Gasteiger partial charge in [-0.1, -0.05) is 35.3 Å². The summed E-state index contributed by atoms with van der Waals surface area (Å²) >= 11 is 12.1. The van der Waals surface area contributed by atoms with Crippen LogP contribution in [-0.2, 0) is 0 Å². The third kappa shape index (κ3) is 4.04. The zero-order valence-corrected chi connectivity index (χ0v) is 14.9. The normalized spacial score (nSPS) is 10.3. The SMILES string of the molecule is CCN(CC)C(=O)c1cccc(C(=O)Nc2c(Cl)cccc2Cl)n1. The molecule has 0 fully saturated rings. The lowest BCUT2D eigenvalue weighted by atomic mass is 10.2. The Hall–Kier alpha value is -2.11. The maximum atomic E-state index is 12.4. The summed E-state index contributed by atoms with van der Waals surface area (Å²) in [6, 6.07) is 9.65. The van der Waals surface area contributed by atoms with Gasteiger partial charge < -0.3 is 10.2 Å². The average Bonchev–Trinajstić information content (AvgIpc) is 2.59. The highest BCUT2D eigenvalue weighted by Gasteiger charge is 2.17. The van der Waals surface area contributed by atoms with E-state index in [4.69, 9.17) is 23.2 Å². The molecular formula is C17H17Cl2N3O2. The molecule has 0 radical (unpaired) electrons. The predicted molar refractivity (Wildman–Crippen MR) is 95.9 cm³/mol. The smallest absolute Gasteiger partial charge is 0.274 e. The maximum Gasteiger partial charge on any atom is 0.274 e. The molecule has 0 spiro atoms. The molecule has 2 rings (SSSR count). The number of hydrogen-bond donors (Lipinski definition) is 1. The minimum absolute atomic E-state index is 0.115. The van der Waals surface area contributed by atoms with Crippen molar-refractivity contribution in [1.29, 1.82) is 0 Å². The van der Waals surface area contributed by atoms with Crippen molar-refractivity contribution < 1.29 is 9.59 Å². The van der Waals surface area contributed by atoms with Gasteiger partial charge in [0, 0.05) is 13.1 Å². The molecule has 7 heteroatoms. The maximum absolute atomic E-state index is 12.4. The van der Waals surface area contributed by atoms with Crippen LogP contribution in [0, 0.1) is 0 Å². The lowest BCUT2D eigenvalue weighted by Crippen LogP contribution is -2.31. The minimum atomic E-state index is -0.487. The summed E-state index contributed by atoms with van der Waals surface area (Å²) in [5, 5.41) is 3.28. The second kappa shape index (κ2) is 8.13. The highest BCUT2D eigenvalue weighted by molar-refractivity contribution is 6.40. The topological polar surface area (TPSA) is 62.3 Å². The van der Waals surface area contributed by atoms with E-state index in [0.29, 0.717) is 28.8 Å². The summed E-state index contributed by atoms with van der Waals surface area (Å²) in [7, 11) is 0. The highest BCUT2D eigenvalue weighted by Crippen LogP contribution is 2.30. The van der Waals surface area contributed by atoms with E-state index in [1.807, 2.05) is 13.8 Å². The molecule has 126 valence electrons. The van der Waals surface area contributed by atoms with Gasteiger partial charge in [-0.25, -0.2) is 4.98 Å². The number of nitrogens with zero attached hydrogens (tertiary/aromatic N) is 2. The lowest BCUT2D eigenvalue weighted by Gasteiger charge is -2.18. The summed E-state index contributed by atoms with van der Waals surface area (Å²) < 4.78 is 0. The number of para-hydroxylation sites is 1. The molecule has 2 amide bonds. The van der Waals surface area contributed by atoms with Gasteiger partial charge in [-0.15, -0.1) is 0 Å².